The highest BCUT2D eigenvalue weighted by atomic mass is 19.1. The predicted octanol–water partition coefficient (Wildman–Crippen LogP) is 2.99. The molecule has 21 heavy (non-hydrogen) atoms. The average Bonchev–Trinajstić information content (AvgIpc) is 2.68. The molecule has 1 aromatic rings. The molecule has 2 heterocycles. The van der Waals surface area contributed by atoms with Gasteiger partial charge < -0.3 is 0 Å². The van der Waals surface area contributed by atoms with E-state index in [9.17, 15) is 9.18 Å². The number of piperidine rings is 1. The SMILES string of the molecule is CN1C2CCC1CC(=NOC(=O)Nc1cccc(F)c1)C2. The third-order valence-corrected chi connectivity index (χ3v) is 4.26. The van der Waals surface area contributed by atoms with E-state index >= 15 is 0 Å². The molecule has 1 N–H and O–H groups in total. The number of hydrogen-bond acceptors (Lipinski definition) is 4. The lowest BCUT2D eigenvalue weighted by atomic mass is 10.0. The third kappa shape index (κ3) is 3.21. The van der Waals surface area contributed by atoms with Crippen LogP contribution in [0, 0.1) is 5.82 Å². The van der Waals surface area contributed by atoms with E-state index in [0.717, 1.165) is 18.6 Å². The van der Waals surface area contributed by atoms with Gasteiger partial charge in [-0.2, -0.15) is 0 Å². The molecule has 1 amide bonds. The number of fused-ring (bicyclic) bond motifs is 2. The number of carbonyl (C=O) groups is 1. The molecule has 2 aliphatic heterocycles. The second-order valence-electron chi connectivity index (χ2n) is 5.63. The summed E-state index contributed by atoms with van der Waals surface area (Å²) in [7, 11) is 2.14. The van der Waals surface area contributed by atoms with Gasteiger partial charge in [0.05, 0.1) is 5.71 Å². The van der Waals surface area contributed by atoms with Gasteiger partial charge >= 0.3 is 6.09 Å². The van der Waals surface area contributed by atoms with Crippen molar-refractivity contribution in [3.63, 3.8) is 0 Å². The highest BCUT2D eigenvalue weighted by molar-refractivity contribution is 5.88. The molecule has 2 unspecified atom stereocenters. The van der Waals surface area contributed by atoms with Crippen molar-refractivity contribution in [2.75, 3.05) is 12.4 Å². The summed E-state index contributed by atoms with van der Waals surface area (Å²) in [6, 6.07) is 6.67. The molecule has 3 rings (SSSR count). The lowest BCUT2D eigenvalue weighted by Crippen LogP contribution is -2.40. The van der Waals surface area contributed by atoms with Gasteiger partial charge in [0.1, 0.15) is 5.82 Å². The fraction of sp³-hybridized carbons (Fsp3) is 0.467. The molecule has 2 atom stereocenters. The van der Waals surface area contributed by atoms with Gasteiger partial charge in [0, 0.05) is 30.6 Å². The van der Waals surface area contributed by atoms with Crippen molar-refractivity contribution in [1.29, 1.82) is 0 Å². The van der Waals surface area contributed by atoms with Gasteiger partial charge in [-0.1, -0.05) is 11.2 Å². The number of nitrogens with zero attached hydrogens (tertiary/aromatic N) is 2. The van der Waals surface area contributed by atoms with Crippen LogP contribution in [0.1, 0.15) is 25.7 Å². The number of nitrogens with one attached hydrogen (secondary N) is 1. The molecule has 2 aliphatic rings. The van der Waals surface area contributed by atoms with Crippen LogP contribution in [-0.2, 0) is 4.84 Å². The molecular weight excluding hydrogens is 273 g/mol. The van der Waals surface area contributed by atoms with Crippen LogP contribution in [0.3, 0.4) is 0 Å². The molecular formula is C15H18FN3O2. The molecule has 5 nitrogen and oxygen atoms in total. The quantitative estimate of drug-likeness (QED) is 0.673. The number of oxime groups is 1. The average molecular weight is 291 g/mol. The molecule has 112 valence electrons. The number of amides is 1. The van der Waals surface area contributed by atoms with Gasteiger partial charge in [0.25, 0.3) is 0 Å². The molecule has 0 spiro atoms. The summed E-state index contributed by atoms with van der Waals surface area (Å²) < 4.78 is 13.0. The fourth-order valence-corrected chi connectivity index (χ4v) is 3.10. The lowest BCUT2D eigenvalue weighted by Gasteiger charge is -2.31. The van der Waals surface area contributed by atoms with Crippen LogP contribution in [-0.4, -0.2) is 35.8 Å². The van der Waals surface area contributed by atoms with Crippen LogP contribution >= 0.6 is 0 Å². The Bertz CT molecular complexity index is 560. The minimum absolute atomic E-state index is 0.351. The van der Waals surface area contributed by atoms with Crippen molar-refractivity contribution in [2.45, 2.75) is 37.8 Å². The van der Waals surface area contributed by atoms with E-state index in [2.05, 4.69) is 22.4 Å². The topological polar surface area (TPSA) is 53.9 Å². The van der Waals surface area contributed by atoms with E-state index in [4.69, 9.17) is 4.84 Å². The summed E-state index contributed by atoms with van der Waals surface area (Å²) in [5.41, 5.74) is 1.28. The molecule has 2 bridgehead atoms. The van der Waals surface area contributed by atoms with Gasteiger partial charge in [0.2, 0.25) is 0 Å². The Hall–Kier alpha value is -1.95. The van der Waals surface area contributed by atoms with Gasteiger partial charge in [-0.3, -0.25) is 15.1 Å². The number of carbonyl (C=O) groups excluding carboxylic acids is 1. The van der Waals surface area contributed by atoms with Crippen LogP contribution in [0.2, 0.25) is 0 Å². The van der Waals surface area contributed by atoms with E-state index in [1.54, 1.807) is 6.07 Å². The number of benzene rings is 1. The van der Waals surface area contributed by atoms with E-state index in [1.165, 1.54) is 31.0 Å². The lowest BCUT2D eigenvalue weighted by molar-refractivity contribution is 0.162. The first kappa shape index (κ1) is 14.0. The van der Waals surface area contributed by atoms with E-state index < -0.39 is 11.9 Å². The largest absolute Gasteiger partial charge is 0.437 e. The third-order valence-electron chi connectivity index (χ3n) is 4.26. The van der Waals surface area contributed by atoms with E-state index in [0.29, 0.717) is 17.8 Å². The Labute approximate surface area is 122 Å². The summed E-state index contributed by atoms with van der Waals surface area (Å²) in [6.45, 7) is 0. The molecule has 2 fully saturated rings. The Morgan fingerprint density at radius 2 is 2.10 bits per heavy atom. The Kier molecular flexibility index (Phi) is 3.88. The van der Waals surface area contributed by atoms with E-state index in [-0.39, 0.29) is 0 Å². The molecule has 0 aliphatic carbocycles. The maximum atomic E-state index is 13.0. The Morgan fingerprint density at radius 1 is 1.38 bits per heavy atom. The first-order chi connectivity index (χ1) is 10.1. The first-order valence-electron chi connectivity index (χ1n) is 7.13. The summed E-state index contributed by atoms with van der Waals surface area (Å²) in [5.74, 6) is -0.411. The molecule has 0 aromatic heterocycles. The van der Waals surface area contributed by atoms with Crippen LogP contribution in [0.25, 0.3) is 0 Å². The Balaban J connectivity index is 1.55. The monoisotopic (exact) mass is 291 g/mol. The Morgan fingerprint density at radius 3 is 2.76 bits per heavy atom. The minimum atomic E-state index is -0.695. The van der Waals surface area contributed by atoms with E-state index in [1.807, 2.05) is 0 Å². The smallest absolute Gasteiger partial charge is 0.300 e. The van der Waals surface area contributed by atoms with Crippen LogP contribution < -0.4 is 5.32 Å². The zero-order chi connectivity index (χ0) is 14.8. The van der Waals surface area contributed by atoms with Crippen LogP contribution in [0.4, 0.5) is 14.9 Å². The van der Waals surface area contributed by atoms with Crippen molar-refractivity contribution < 1.29 is 14.0 Å². The maximum absolute atomic E-state index is 13.0. The second kappa shape index (κ2) is 5.81. The zero-order valence-electron chi connectivity index (χ0n) is 11.9. The van der Waals surface area contributed by atoms with Crippen LogP contribution in [0.15, 0.2) is 29.4 Å². The minimum Gasteiger partial charge on any atom is -0.300 e. The van der Waals surface area contributed by atoms with Gasteiger partial charge in [-0.15, -0.1) is 0 Å². The standard InChI is InChI=1S/C15H18FN3O2/c1-19-13-5-6-14(19)9-12(8-13)18-21-15(20)17-11-4-2-3-10(16)7-11/h2-4,7,13-14H,5-6,8-9H2,1H3,(H,17,20). The molecule has 1 aromatic carbocycles. The normalized spacial score (nSPS) is 24.8. The fourth-order valence-electron chi connectivity index (χ4n) is 3.10. The van der Waals surface area contributed by atoms with Crippen molar-refractivity contribution in [2.24, 2.45) is 5.16 Å². The predicted molar refractivity (Wildman–Crippen MR) is 77.7 cm³/mol. The number of anilines is 1. The summed E-state index contributed by atoms with van der Waals surface area (Å²) in [6.07, 6.45) is 3.35. The van der Waals surface area contributed by atoms with Crippen molar-refractivity contribution in [3.8, 4) is 0 Å². The summed E-state index contributed by atoms with van der Waals surface area (Å²) in [5, 5.41) is 6.41. The zero-order valence-corrected chi connectivity index (χ0v) is 11.9. The van der Waals surface area contributed by atoms with Crippen molar-refractivity contribution in [3.05, 3.63) is 30.1 Å². The summed E-state index contributed by atoms with van der Waals surface area (Å²) in [4.78, 5) is 18.9. The van der Waals surface area contributed by atoms with Gasteiger partial charge in [0.15, 0.2) is 0 Å². The number of rotatable bonds is 2. The summed E-state index contributed by atoms with van der Waals surface area (Å²) >= 11 is 0. The van der Waals surface area contributed by atoms with Crippen molar-refractivity contribution in [1.82, 2.24) is 4.90 Å². The molecule has 0 radical (unpaired) electrons. The molecule has 2 saturated heterocycles. The molecule has 0 saturated carbocycles. The maximum Gasteiger partial charge on any atom is 0.437 e. The second-order valence-corrected chi connectivity index (χ2v) is 5.63. The van der Waals surface area contributed by atoms with Crippen molar-refractivity contribution >= 4 is 17.5 Å². The number of hydrogen-bond donors (Lipinski definition) is 1. The highest BCUT2D eigenvalue weighted by Gasteiger charge is 2.36. The van der Waals surface area contributed by atoms with Crippen LogP contribution in [0.5, 0.6) is 0 Å². The van der Waals surface area contributed by atoms with Gasteiger partial charge in [-0.25, -0.2) is 9.18 Å². The molecule has 6 heteroatoms. The highest BCUT2D eigenvalue weighted by Crippen LogP contribution is 2.32. The van der Waals surface area contributed by atoms with Gasteiger partial charge in [-0.05, 0) is 38.1 Å². The number of halogens is 1. The first-order valence-corrected chi connectivity index (χ1v) is 7.13.